The van der Waals surface area contributed by atoms with E-state index in [2.05, 4.69) is 11.4 Å². The summed E-state index contributed by atoms with van der Waals surface area (Å²) in [5.41, 5.74) is 3.57. The fourth-order valence-electron chi connectivity index (χ4n) is 3.58. The summed E-state index contributed by atoms with van der Waals surface area (Å²) in [6.07, 6.45) is 6.91. The largest absolute Gasteiger partial charge is 0.326 e. The number of fused-ring (bicyclic) bond motifs is 1. The van der Waals surface area contributed by atoms with Gasteiger partial charge in [0.2, 0.25) is 15.9 Å². The normalized spacial score (nSPS) is 20.0. The van der Waals surface area contributed by atoms with Gasteiger partial charge >= 0.3 is 0 Å². The van der Waals surface area contributed by atoms with Crippen LogP contribution in [0.1, 0.15) is 36.8 Å². The van der Waals surface area contributed by atoms with E-state index in [1.807, 2.05) is 12.1 Å². The van der Waals surface area contributed by atoms with Crippen molar-refractivity contribution in [2.75, 3.05) is 24.7 Å². The maximum Gasteiger partial charge on any atom is 0.227 e. The maximum absolute atomic E-state index is 12.5. The standard InChI is InChI=1S/C17H24N2O3S/c1-23(21,22)19-11-9-14(10-12-19)17(20)18-16-8-4-6-13-5-2-3-7-15(13)16/h4,6,8,14H,2-3,5,7,9-12H2,1H3,(H,18,20). The molecule has 1 aromatic carbocycles. The van der Waals surface area contributed by atoms with Crippen LogP contribution >= 0.6 is 0 Å². The van der Waals surface area contributed by atoms with Crippen LogP contribution in [0.5, 0.6) is 0 Å². The first-order chi connectivity index (χ1) is 10.9. The van der Waals surface area contributed by atoms with Gasteiger partial charge in [-0.3, -0.25) is 4.79 Å². The van der Waals surface area contributed by atoms with Crippen molar-refractivity contribution in [3.63, 3.8) is 0 Å². The molecule has 0 atom stereocenters. The summed E-state index contributed by atoms with van der Waals surface area (Å²) in [4.78, 5) is 12.5. The molecule has 0 spiro atoms. The zero-order chi connectivity index (χ0) is 16.4. The number of hydrogen-bond donors (Lipinski definition) is 1. The van der Waals surface area contributed by atoms with E-state index in [0.29, 0.717) is 25.9 Å². The molecule has 0 saturated carbocycles. The number of aryl methyl sites for hydroxylation is 1. The number of amides is 1. The van der Waals surface area contributed by atoms with Gasteiger partial charge in [-0.2, -0.15) is 0 Å². The van der Waals surface area contributed by atoms with Crippen LogP contribution in [-0.2, 0) is 27.7 Å². The molecular formula is C17H24N2O3S. The Balaban J connectivity index is 1.65. The molecule has 2 aliphatic rings. The smallest absolute Gasteiger partial charge is 0.227 e. The minimum Gasteiger partial charge on any atom is -0.326 e. The monoisotopic (exact) mass is 336 g/mol. The molecule has 0 bridgehead atoms. The zero-order valence-corrected chi connectivity index (χ0v) is 14.4. The molecule has 1 aliphatic carbocycles. The molecule has 1 amide bonds. The topological polar surface area (TPSA) is 66.5 Å². The van der Waals surface area contributed by atoms with Crippen LogP contribution in [0, 0.1) is 5.92 Å². The minimum atomic E-state index is -3.14. The predicted molar refractivity (Wildman–Crippen MR) is 90.9 cm³/mol. The van der Waals surface area contributed by atoms with Gasteiger partial charge in [-0.15, -0.1) is 0 Å². The van der Waals surface area contributed by atoms with Crippen molar-refractivity contribution >= 4 is 21.6 Å². The summed E-state index contributed by atoms with van der Waals surface area (Å²) < 4.78 is 24.5. The summed E-state index contributed by atoms with van der Waals surface area (Å²) in [5, 5.41) is 3.09. The molecule has 5 nitrogen and oxygen atoms in total. The number of carbonyl (C=O) groups excluding carboxylic acids is 1. The Morgan fingerprint density at radius 1 is 1.17 bits per heavy atom. The molecule has 0 aromatic heterocycles. The quantitative estimate of drug-likeness (QED) is 0.920. The van der Waals surface area contributed by atoms with Crippen molar-refractivity contribution < 1.29 is 13.2 Å². The van der Waals surface area contributed by atoms with E-state index in [9.17, 15) is 13.2 Å². The predicted octanol–water partition coefficient (Wildman–Crippen LogP) is 2.18. The number of carbonyl (C=O) groups is 1. The maximum atomic E-state index is 12.5. The number of nitrogens with one attached hydrogen (secondary N) is 1. The second-order valence-corrected chi connectivity index (χ2v) is 8.56. The Hall–Kier alpha value is -1.40. The lowest BCUT2D eigenvalue weighted by molar-refractivity contribution is -0.120. The SMILES string of the molecule is CS(=O)(=O)N1CCC(C(=O)Nc2cccc3c2CCCC3)CC1. The molecule has 3 rings (SSSR count). The third kappa shape index (κ3) is 3.75. The number of anilines is 1. The van der Waals surface area contributed by atoms with Crippen LogP contribution in [0.3, 0.4) is 0 Å². The highest BCUT2D eigenvalue weighted by Gasteiger charge is 2.29. The molecule has 1 aromatic rings. The second-order valence-electron chi connectivity index (χ2n) is 6.58. The van der Waals surface area contributed by atoms with E-state index >= 15 is 0 Å². The van der Waals surface area contributed by atoms with E-state index in [-0.39, 0.29) is 11.8 Å². The number of benzene rings is 1. The van der Waals surface area contributed by atoms with Crippen LogP contribution in [0.4, 0.5) is 5.69 Å². The lowest BCUT2D eigenvalue weighted by Crippen LogP contribution is -2.41. The molecular weight excluding hydrogens is 312 g/mol. The Morgan fingerprint density at radius 3 is 2.57 bits per heavy atom. The summed E-state index contributed by atoms with van der Waals surface area (Å²) in [6, 6.07) is 6.13. The fraction of sp³-hybridized carbons (Fsp3) is 0.588. The molecule has 0 radical (unpaired) electrons. The molecule has 6 heteroatoms. The van der Waals surface area contributed by atoms with Crippen molar-refractivity contribution in [3.05, 3.63) is 29.3 Å². The Morgan fingerprint density at radius 2 is 1.87 bits per heavy atom. The van der Waals surface area contributed by atoms with Gasteiger partial charge in [0.25, 0.3) is 0 Å². The van der Waals surface area contributed by atoms with Crippen molar-refractivity contribution in [3.8, 4) is 0 Å². The minimum absolute atomic E-state index is 0.0251. The van der Waals surface area contributed by atoms with Gasteiger partial charge in [0.1, 0.15) is 0 Å². The molecule has 126 valence electrons. The number of sulfonamides is 1. The first-order valence-corrected chi connectivity index (χ1v) is 10.2. The molecule has 1 aliphatic heterocycles. The Bertz CT molecular complexity index is 692. The van der Waals surface area contributed by atoms with Crippen LogP contribution in [0.25, 0.3) is 0 Å². The van der Waals surface area contributed by atoms with Crippen molar-refractivity contribution in [2.24, 2.45) is 5.92 Å². The highest BCUT2D eigenvalue weighted by Crippen LogP contribution is 2.29. The number of hydrogen-bond acceptors (Lipinski definition) is 3. The van der Waals surface area contributed by atoms with E-state index in [4.69, 9.17) is 0 Å². The number of piperidine rings is 1. The first-order valence-electron chi connectivity index (χ1n) is 8.32. The molecule has 1 fully saturated rings. The van der Waals surface area contributed by atoms with Crippen LogP contribution in [0.15, 0.2) is 18.2 Å². The Kier molecular flexibility index (Phi) is 4.73. The summed E-state index contributed by atoms with van der Waals surface area (Å²) >= 11 is 0. The number of nitrogens with zero attached hydrogens (tertiary/aromatic N) is 1. The number of rotatable bonds is 3. The average Bonchev–Trinajstić information content (AvgIpc) is 2.54. The van der Waals surface area contributed by atoms with Gasteiger partial charge in [0, 0.05) is 24.7 Å². The third-order valence-electron chi connectivity index (χ3n) is 4.95. The fourth-order valence-corrected chi connectivity index (χ4v) is 4.46. The molecule has 1 saturated heterocycles. The second kappa shape index (κ2) is 6.61. The van der Waals surface area contributed by atoms with Crippen LogP contribution in [0.2, 0.25) is 0 Å². The molecule has 23 heavy (non-hydrogen) atoms. The van der Waals surface area contributed by atoms with Crippen LogP contribution in [-0.4, -0.2) is 38.0 Å². The van der Waals surface area contributed by atoms with Crippen molar-refractivity contribution in [2.45, 2.75) is 38.5 Å². The van der Waals surface area contributed by atoms with Gasteiger partial charge in [0.05, 0.1) is 6.26 Å². The molecule has 1 N–H and O–H groups in total. The Labute approximate surface area is 138 Å². The van der Waals surface area contributed by atoms with Crippen molar-refractivity contribution in [1.29, 1.82) is 0 Å². The van der Waals surface area contributed by atoms with Crippen LogP contribution < -0.4 is 5.32 Å². The molecule has 0 unspecified atom stereocenters. The highest BCUT2D eigenvalue weighted by molar-refractivity contribution is 7.88. The van der Waals surface area contributed by atoms with E-state index in [1.54, 1.807) is 0 Å². The van der Waals surface area contributed by atoms with E-state index in [1.165, 1.54) is 34.5 Å². The van der Waals surface area contributed by atoms with Gasteiger partial charge in [-0.05, 0) is 55.7 Å². The molecule has 1 heterocycles. The zero-order valence-electron chi connectivity index (χ0n) is 13.5. The third-order valence-corrected chi connectivity index (χ3v) is 6.25. The highest BCUT2D eigenvalue weighted by atomic mass is 32.2. The first kappa shape index (κ1) is 16.5. The van der Waals surface area contributed by atoms with Gasteiger partial charge in [-0.1, -0.05) is 12.1 Å². The van der Waals surface area contributed by atoms with E-state index in [0.717, 1.165) is 18.5 Å². The van der Waals surface area contributed by atoms with Gasteiger partial charge in [0.15, 0.2) is 0 Å². The van der Waals surface area contributed by atoms with E-state index < -0.39 is 10.0 Å². The van der Waals surface area contributed by atoms with Crippen molar-refractivity contribution in [1.82, 2.24) is 4.31 Å². The van der Waals surface area contributed by atoms with Gasteiger partial charge < -0.3 is 5.32 Å². The summed E-state index contributed by atoms with van der Waals surface area (Å²) in [7, 11) is -3.14. The average molecular weight is 336 g/mol. The van der Waals surface area contributed by atoms with Gasteiger partial charge in [-0.25, -0.2) is 12.7 Å². The summed E-state index contributed by atoms with van der Waals surface area (Å²) in [6.45, 7) is 0.869. The summed E-state index contributed by atoms with van der Waals surface area (Å²) in [5.74, 6) is -0.0791. The lowest BCUT2D eigenvalue weighted by atomic mass is 9.90. The lowest BCUT2D eigenvalue weighted by Gasteiger charge is -2.30.